The van der Waals surface area contributed by atoms with Crippen LogP contribution in [0.5, 0.6) is 0 Å². The fraction of sp³-hybridized carbons (Fsp3) is 0.400. The number of fused-ring (bicyclic) bond motifs is 2. The van der Waals surface area contributed by atoms with Crippen LogP contribution >= 0.6 is 17.0 Å². The molecule has 1 nitrogen and oxygen atoms in total. The second kappa shape index (κ2) is 23.7. The number of hydrogen-bond acceptors (Lipinski definition) is 1. The Hall–Kier alpha value is -1.98. The van der Waals surface area contributed by atoms with Crippen LogP contribution in [-0.4, -0.2) is 28.6 Å². The Kier molecular flexibility index (Phi) is 20.5. The first-order valence-electron chi connectivity index (χ1n) is 21.1. The average molecular weight is 912 g/mol. The minimum absolute atomic E-state index is 0.631. The second-order valence-electron chi connectivity index (χ2n) is 17.4. The molecule has 2 radical (unpaired) electrons. The molecule has 0 heterocycles. The van der Waals surface area contributed by atoms with Gasteiger partial charge in [0.05, 0.1) is 0 Å². The minimum atomic E-state index is -1.22. The molecule has 2 unspecified atom stereocenters. The predicted molar refractivity (Wildman–Crippen MR) is 261 cm³/mol. The molecule has 0 saturated heterocycles. The fourth-order valence-electron chi connectivity index (χ4n) is 7.57. The zero-order chi connectivity index (χ0) is 42.3. The Morgan fingerprint density at radius 3 is 1.19 bits per heavy atom. The van der Waals surface area contributed by atoms with Gasteiger partial charge in [0.25, 0.3) is 0 Å². The van der Waals surface area contributed by atoms with Crippen molar-refractivity contribution in [3.05, 3.63) is 131 Å². The van der Waals surface area contributed by atoms with Gasteiger partial charge in [-0.25, -0.2) is 0 Å². The zero-order valence-corrected chi connectivity index (χ0v) is 43.0. The molecular formula is C50H68BCl2NSi2Zr. The van der Waals surface area contributed by atoms with Crippen LogP contribution in [0.3, 0.4) is 0 Å². The predicted octanol–water partition coefficient (Wildman–Crippen LogP) is 16.8. The van der Waals surface area contributed by atoms with Crippen LogP contribution in [-0.2, 0) is 33.7 Å². The van der Waals surface area contributed by atoms with E-state index in [-0.39, 0.29) is 0 Å². The summed E-state index contributed by atoms with van der Waals surface area (Å²) < 4.78 is 2.15. The SMILES string of the molecule is CCCc1ccccc1-c1cccc2[cH-]c(C(C)CC)cc12.CCCc1ccccc1-c1cccc2[cH-]c(C(C)CC)cc12.[B]N([Si](C)(C)C)[Si](C)(C)C.[Cl][Zr+2][Cl]. The molecule has 0 spiro atoms. The van der Waals surface area contributed by atoms with E-state index in [2.05, 4.69) is 194 Å². The summed E-state index contributed by atoms with van der Waals surface area (Å²) in [4.78, 5) is 0. The van der Waals surface area contributed by atoms with Crippen LogP contribution in [0.1, 0.15) is 101 Å². The van der Waals surface area contributed by atoms with Crippen LogP contribution in [0.15, 0.2) is 109 Å². The Labute approximate surface area is 370 Å². The van der Waals surface area contributed by atoms with Crippen molar-refractivity contribution >= 4 is 63.0 Å². The van der Waals surface area contributed by atoms with Gasteiger partial charge in [-0.3, -0.25) is 0 Å². The molecule has 302 valence electrons. The Bertz CT molecular complexity index is 1940. The van der Waals surface area contributed by atoms with Crippen molar-refractivity contribution in [3.63, 3.8) is 0 Å². The number of halogens is 2. The molecule has 7 heteroatoms. The fourth-order valence-corrected chi connectivity index (χ4v) is 15.6. The van der Waals surface area contributed by atoms with Crippen LogP contribution in [0.2, 0.25) is 39.3 Å². The molecule has 57 heavy (non-hydrogen) atoms. The quantitative estimate of drug-likeness (QED) is 0.0873. The summed E-state index contributed by atoms with van der Waals surface area (Å²) in [5, 5.41) is 5.56. The molecule has 0 aliphatic heterocycles. The monoisotopic (exact) mass is 909 g/mol. The van der Waals surface area contributed by atoms with E-state index in [1.807, 2.05) is 0 Å². The van der Waals surface area contributed by atoms with Crippen LogP contribution < -0.4 is 0 Å². The van der Waals surface area contributed by atoms with Crippen molar-refractivity contribution < 1.29 is 20.8 Å². The molecule has 0 amide bonds. The summed E-state index contributed by atoms with van der Waals surface area (Å²) in [5.41, 5.74) is 11.4. The van der Waals surface area contributed by atoms with E-state index in [0.717, 1.165) is 12.8 Å². The molecule has 0 aliphatic rings. The Morgan fingerprint density at radius 1 is 0.561 bits per heavy atom. The molecule has 0 aliphatic carbocycles. The molecule has 6 aromatic rings. The summed E-state index contributed by atoms with van der Waals surface area (Å²) in [6.07, 6.45) is 7.05. The van der Waals surface area contributed by atoms with Gasteiger partial charge in [-0.15, -0.1) is 69.1 Å². The standard InChI is InChI=1S/2C22H25.C6H18BNSi2.2ClH.Zr/c2*1-4-9-17-10-6-7-12-20(17)21-13-8-11-18-14-19(15-22(18)21)16(3)5-2;1-9(2,3)8(7)10(4,5)6;;;/h2*6-8,10-16H,4-5,9H2,1-3H3;1-6H3;2*1H;/q2*-1;;;;+4/p-2. The van der Waals surface area contributed by atoms with E-state index < -0.39 is 37.3 Å². The Balaban J connectivity index is 0.000000236. The van der Waals surface area contributed by atoms with Crippen molar-refractivity contribution in [1.29, 1.82) is 0 Å². The number of rotatable bonds is 12. The van der Waals surface area contributed by atoms with Crippen molar-refractivity contribution in [3.8, 4) is 22.3 Å². The number of nitrogens with zero attached hydrogens (tertiary/aromatic N) is 1. The zero-order valence-electron chi connectivity index (χ0n) is 37.1. The van der Waals surface area contributed by atoms with Crippen molar-refractivity contribution in [2.45, 2.75) is 131 Å². The van der Waals surface area contributed by atoms with E-state index in [1.165, 1.54) is 91.7 Å². The topological polar surface area (TPSA) is 3.24 Å². The van der Waals surface area contributed by atoms with Crippen molar-refractivity contribution in [1.82, 2.24) is 4.14 Å². The maximum atomic E-state index is 5.98. The average Bonchev–Trinajstić information content (AvgIpc) is 3.83. The molecule has 0 fully saturated rings. The maximum absolute atomic E-state index is 5.98. The first-order valence-corrected chi connectivity index (χ1v) is 34.3. The number of benzene rings is 4. The van der Waals surface area contributed by atoms with Gasteiger partial charge in [0.1, 0.15) is 16.5 Å². The summed E-state index contributed by atoms with van der Waals surface area (Å²) in [7, 11) is 13.4. The van der Waals surface area contributed by atoms with Gasteiger partial charge in [-0.2, -0.15) is 12.1 Å². The van der Waals surface area contributed by atoms with E-state index in [0.29, 0.717) is 11.8 Å². The van der Waals surface area contributed by atoms with Crippen molar-refractivity contribution in [2.75, 3.05) is 0 Å². The molecular weight excluding hydrogens is 844 g/mol. The summed E-state index contributed by atoms with van der Waals surface area (Å²) in [6, 6.07) is 40.7. The van der Waals surface area contributed by atoms with Crippen LogP contribution in [0.4, 0.5) is 0 Å². The molecule has 0 aromatic heterocycles. The molecule has 0 N–H and O–H groups in total. The third-order valence-corrected chi connectivity index (χ3v) is 17.9. The normalized spacial score (nSPS) is 12.5. The van der Waals surface area contributed by atoms with Gasteiger partial charge in [0.2, 0.25) is 0 Å². The summed E-state index contributed by atoms with van der Waals surface area (Å²) in [5.74, 6) is 1.26. The van der Waals surface area contributed by atoms with Crippen LogP contribution in [0, 0.1) is 0 Å². The van der Waals surface area contributed by atoms with Gasteiger partial charge in [0.15, 0.2) is 7.98 Å². The summed E-state index contributed by atoms with van der Waals surface area (Å²) >= 11 is -0.826. The third kappa shape index (κ3) is 14.0. The van der Waals surface area contributed by atoms with E-state index >= 15 is 0 Å². The number of hydrogen-bond donors (Lipinski definition) is 0. The van der Waals surface area contributed by atoms with Gasteiger partial charge in [-0.05, 0) is 46.9 Å². The Morgan fingerprint density at radius 2 is 0.895 bits per heavy atom. The van der Waals surface area contributed by atoms with Gasteiger partial charge in [0, 0.05) is 0 Å². The van der Waals surface area contributed by atoms with Crippen molar-refractivity contribution in [2.24, 2.45) is 0 Å². The number of aryl methyl sites for hydroxylation is 2. The van der Waals surface area contributed by atoms with Gasteiger partial charge >= 0.3 is 37.9 Å². The van der Waals surface area contributed by atoms with Crippen LogP contribution in [0.25, 0.3) is 43.8 Å². The first kappa shape index (κ1) is 49.4. The second-order valence-corrected chi connectivity index (χ2v) is 31.2. The molecule has 0 bridgehead atoms. The van der Waals surface area contributed by atoms with Gasteiger partial charge in [-0.1, -0.05) is 178 Å². The molecule has 2 atom stereocenters. The summed E-state index contributed by atoms with van der Waals surface area (Å²) in [6.45, 7) is 27.4. The third-order valence-electron chi connectivity index (χ3n) is 11.0. The molecule has 6 aromatic carbocycles. The van der Waals surface area contributed by atoms with E-state index in [1.54, 1.807) is 0 Å². The van der Waals surface area contributed by atoms with Gasteiger partial charge < -0.3 is 4.14 Å². The van der Waals surface area contributed by atoms with E-state index in [9.17, 15) is 0 Å². The van der Waals surface area contributed by atoms with E-state index in [4.69, 9.17) is 25.0 Å². The first-order chi connectivity index (χ1) is 27.1. The molecule has 6 rings (SSSR count). The molecule has 0 saturated carbocycles.